The summed E-state index contributed by atoms with van der Waals surface area (Å²) in [6.45, 7) is -0.0702. The van der Waals surface area contributed by atoms with Gasteiger partial charge in [0.2, 0.25) is 0 Å². The molecule has 1 aromatic carbocycles. The number of ether oxygens (including phenoxy) is 1. The second-order valence-electron chi connectivity index (χ2n) is 4.31. The van der Waals surface area contributed by atoms with E-state index in [0.717, 1.165) is 9.96 Å². The Labute approximate surface area is 126 Å². The van der Waals surface area contributed by atoms with Crippen molar-refractivity contribution < 1.29 is 24.0 Å². The molecule has 0 N–H and O–H groups in total. The number of esters is 1. The van der Waals surface area contributed by atoms with Crippen LogP contribution in [0.4, 0.5) is 0 Å². The standard InChI is InChI=1S/C14H15NO5S/c1-21-11-4-2-10(3-5-11)20-14(18)8-9-19-15-12(16)6-7-13(15)17/h2-5H,6-9H2,1H3. The molecule has 112 valence electrons. The van der Waals surface area contributed by atoms with Gasteiger partial charge < -0.3 is 4.74 Å². The largest absolute Gasteiger partial charge is 0.426 e. The van der Waals surface area contributed by atoms with E-state index in [1.165, 1.54) is 0 Å². The number of nitrogens with zero attached hydrogens (tertiary/aromatic N) is 1. The lowest BCUT2D eigenvalue weighted by Crippen LogP contribution is -2.30. The monoisotopic (exact) mass is 309 g/mol. The fourth-order valence-corrected chi connectivity index (χ4v) is 2.15. The van der Waals surface area contributed by atoms with Gasteiger partial charge in [-0.1, -0.05) is 0 Å². The van der Waals surface area contributed by atoms with Gasteiger partial charge in [0.15, 0.2) is 0 Å². The van der Waals surface area contributed by atoms with Crippen LogP contribution >= 0.6 is 11.8 Å². The molecule has 7 heteroatoms. The maximum absolute atomic E-state index is 11.6. The van der Waals surface area contributed by atoms with Crippen LogP contribution in [0, 0.1) is 0 Å². The quantitative estimate of drug-likeness (QED) is 0.345. The van der Waals surface area contributed by atoms with Crippen LogP contribution in [0.1, 0.15) is 19.3 Å². The van der Waals surface area contributed by atoms with Crippen LogP contribution < -0.4 is 4.74 Å². The summed E-state index contributed by atoms with van der Waals surface area (Å²) < 4.78 is 5.12. The van der Waals surface area contributed by atoms with Gasteiger partial charge in [-0.05, 0) is 30.5 Å². The Kier molecular flexibility index (Phi) is 5.35. The Bertz CT molecular complexity index is 527. The Morgan fingerprint density at radius 3 is 2.38 bits per heavy atom. The van der Waals surface area contributed by atoms with E-state index < -0.39 is 5.97 Å². The van der Waals surface area contributed by atoms with E-state index in [2.05, 4.69) is 0 Å². The molecule has 0 atom stereocenters. The minimum Gasteiger partial charge on any atom is -0.426 e. The maximum atomic E-state index is 11.6. The molecule has 0 unspecified atom stereocenters. The lowest BCUT2D eigenvalue weighted by Gasteiger charge is -2.12. The van der Waals surface area contributed by atoms with Crippen molar-refractivity contribution in [2.45, 2.75) is 24.2 Å². The number of amides is 2. The molecule has 1 fully saturated rings. The maximum Gasteiger partial charge on any atom is 0.313 e. The zero-order valence-electron chi connectivity index (χ0n) is 11.5. The van der Waals surface area contributed by atoms with Crippen LogP contribution in [-0.2, 0) is 19.2 Å². The zero-order chi connectivity index (χ0) is 15.2. The Morgan fingerprint density at radius 1 is 1.19 bits per heavy atom. The summed E-state index contributed by atoms with van der Waals surface area (Å²) in [4.78, 5) is 40.2. The van der Waals surface area contributed by atoms with Crippen LogP contribution in [-0.4, -0.2) is 35.7 Å². The second-order valence-corrected chi connectivity index (χ2v) is 5.19. The summed E-state index contributed by atoms with van der Waals surface area (Å²) in [6, 6.07) is 7.12. The molecular weight excluding hydrogens is 294 g/mol. The van der Waals surface area contributed by atoms with Gasteiger partial charge in [0.1, 0.15) is 5.75 Å². The topological polar surface area (TPSA) is 72.9 Å². The van der Waals surface area contributed by atoms with E-state index in [4.69, 9.17) is 9.57 Å². The lowest BCUT2D eigenvalue weighted by atomic mass is 10.3. The first-order valence-corrected chi connectivity index (χ1v) is 7.66. The number of carbonyl (C=O) groups excluding carboxylic acids is 3. The molecule has 1 heterocycles. The SMILES string of the molecule is CSc1ccc(OC(=O)CCON2C(=O)CCC2=O)cc1. The first-order valence-electron chi connectivity index (χ1n) is 6.43. The van der Waals surface area contributed by atoms with Gasteiger partial charge in [-0.3, -0.25) is 19.2 Å². The minimum absolute atomic E-state index is 0.0403. The van der Waals surface area contributed by atoms with Crippen molar-refractivity contribution in [3.63, 3.8) is 0 Å². The van der Waals surface area contributed by atoms with Gasteiger partial charge in [-0.25, -0.2) is 0 Å². The number of thioether (sulfide) groups is 1. The van der Waals surface area contributed by atoms with Crippen molar-refractivity contribution in [2.75, 3.05) is 12.9 Å². The molecule has 0 spiro atoms. The highest BCUT2D eigenvalue weighted by Crippen LogP contribution is 2.19. The number of imide groups is 1. The Hall–Kier alpha value is -1.86. The summed E-state index contributed by atoms with van der Waals surface area (Å²) in [6.07, 6.45) is 2.23. The van der Waals surface area contributed by atoms with E-state index in [1.54, 1.807) is 23.9 Å². The fraction of sp³-hybridized carbons (Fsp3) is 0.357. The van der Waals surface area contributed by atoms with E-state index in [9.17, 15) is 14.4 Å². The van der Waals surface area contributed by atoms with Crippen molar-refractivity contribution in [1.29, 1.82) is 0 Å². The number of hydrogen-bond acceptors (Lipinski definition) is 6. The molecule has 2 amide bonds. The molecular formula is C14H15NO5S. The van der Waals surface area contributed by atoms with Crippen LogP contribution in [0.2, 0.25) is 0 Å². The van der Waals surface area contributed by atoms with Gasteiger partial charge in [0.05, 0.1) is 13.0 Å². The van der Waals surface area contributed by atoms with Crippen LogP contribution in [0.25, 0.3) is 0 Å². The number of benzene rings is 1. The fourth-order valence-electron chi connectivity index (χ4n) is 1.75. The molecule has 0 radical (unpaired) electrons. The molecule has 0 aromatic heterocycles. The van der Waals surface area contributed by atoms with Crippen LogP contribution in [0.15, 0.2) is 29.2 Å². The third kappa shape index (κ3) is 4.30. The molecule has 0 saturated carbocycles. The first-order chi connectivity index (χ1) is 10.1. The predicted molar refractivity (Wildman–Crippen MR) is 75.5 cm³/mol. The lowest BCUT2D eigenvalue weighted by molar-refractivity contribution is -0.189. The minimum atomic E-state index is -0.481. The molecule has 6 nitrogen and oxygen atoms in total. The smallest absolute Gasteiger partial charge is 0.313 e. The third-order valence-corrected chi connectivity index (χ3v) is 3.57. The number of hydrogen-bond donors (Lipinski definition) is 0. The highest BCUT2D eigenvalue weighted by molar-refractivity contribution is 7.98. The van der Waals surface area contributed by atoms with E-state index in [-0.39, 0.29) is 37.7 Å². The van der Waals surface area contributed by atoms with Gasteiger partial charge in [0.25, 0.3) is 11.8 Å². The van der Waals surface area contributed by atoms with Gasteiger partial charge in [-0.15, -0.1) is 11.8 Å². The summed E-state index contributed by atoms with van der Waals surface area (Å²) in [5.74, 6) is -0.779. The predicted octanol–water partition coefficient (Wildman–Crippen LogP) is 1.78. The van der Waals surface area contributed by atoms with Crippen molar-refractivity contribution in [3.8, 4) is 5.75 Å². The van der Waals surface area contributed by atoms with Crippen molar-refractivity contribution in [2.24, 2.45) is 0 Å². The molecule has 1 aliphatic rings. The average Bonchev–Trinajstić information content (AvgIpc) is 2.80. The average molecular weight is 309 g/mol. The Balaban J connectivity index is 1.74. The molecule has 1 saturated heterocycles. The summed E-state index contributed by atoms with van der Waals surface area (Å²) >= 11 is 1.59. The van der Waals surface area contributed by atoms with E-state index in [1.807, 2.05) is 18.4 Å². The third-order valence-electron chi connectivity index (χ3n) is 2.82. The normalized spacial score (nSPS) is 14.6. The van der Waals surface area contributed by atoms with Gasteiger partial charge in [0, 0.05) is 17.7 Å². The van der Waals surface area contributed by atoms with Crippen molar-refractivity contribution >= 4 is 29.5 Å². The first kappa shape index (κ1) is 15.5. The molecule has 0 bridgehead atoms. The number of carbonyl (C=O) groups is 3. The van der Waals surface area contributed by atoms with Gasteiger partial charge >= 0.3 is 5.97 Å². The van der Waals surface area contributed by atoms with Crippen molar-refractivity contribution in [1.82, 2.24) is 5.06 Å². The highest BCUT2D eigenvalue weighted by atomic mass is 32.2. The summed E-state index contributed by atoms with van der Waals surface area (Å²) in [7, 11) is 0. The summed E-state index contributed by atoms with van der Waals surface area (Å²) in [5, 5.41) is 0.723. The summed E-state index contributed by atoms with van der Waals surface area (Å²) in [5.41, 5.74) is 0. The van der Waals surface area contributed by atoms with E-state index in [0.29, 0.717) is 5.75 Å². The number of rotatable bonds is 6. The second kappa shape index (κ2) is 7.24. The van der Waals surface area contributed by atoms with Crippen molar-refractivity contribution in [3.05, 3.63) is 24.3 Å². The highest BCUT2D eigenvalue weighted by Gasteiger charge is 2.30. The van der Waals surface area contributed by atoms with E-state index >= 15 is 0 Å². The van der Waals surface area contributed by atoms with Crippen LogP contribution in [0.5, 0.6) is 5.75 Å². The van der Waals surface area contributed by atoms with Gasteiger partial charge in [-0.2, -0.15) is 5.06 Å². The zero-order valence-corrected chi connectivity index (χ0v) is 12.4. The molecule has 21 heavy (non-hydrogen) atoms. The Morgan fingerprint density at radius 2 is 1.81 bits per heavy atom. The molecule has 1 aliphatic heterocycles. The molecule has 2 rings (SSSR count). The number of hydroxylamine groups is 2. The van der Waals surface area contributed by atoms with Crippen LogP contribution in [0.3, 0.4) is 0 Å². The molecule has 1 aromatic rings. The molecule has 0 aliphatic carbocycles.